The Morgan fingerprint density at radius 2 is 1.12 bits per heavy atom. The van der Waals surface area contributed by atoms with Crippen molar-refractivity contribution in [3.63, 3.8) is 0 Å². The van der Waals surface area contributed by atoms with Crippen molar-refractivity contribution >= 4 is 5.91 Å². The van der Waals surface area contributed by atoms with Crippen LogP contribution >= 0.6 is 0 Å². The first kappa shape index (κ1) is 27.1. The third-order valence-electron chi connectivity index (χ3n) is 4.93. The van der Waals surface area contributed by atoms with E-state index in [-0.39, 0.29) is 22.9 Å². The van der Waals surface area contributed by atoms with Gasteiger partial charge in [0.05, 0.1) is 27.2 Å². The van der Waals surface area contributed by atoms with Crippen molar-refractivity contribution in [3.05, 3.63) is 0 Å². The molecule has 0 aromatic carbocycles. The standard InChI is InChI=1S/C21H44N2O.BrH/c1-5-6-7-8-9-10-11-12-13-14-15-16-19-23(3,4)20-17-18-22-21(2)24;/h5-20H2,1-4H3;1H. The molecule has 0 aliphatic rings. The van der Waals surface area contributed by atoms with Crippen molar-refractivity contribution in [2.24, 2.45) is 0 Å². The van der Waals surface area contributed by atoms with Gasteiger partial charge in [0.2, 0.25) is 5.91 Å². The third-order valence-corrected chi connectivity index (χ3v) is 4.93. The highest BCUT2D eigenvalue weighted by molar-refractivity contribution is 5.72. The molecule has 0 saturated heterocycles. The molecule has 0 fully saturated rings. The van der Waals surface area contributed by atoms with E-state index < -0.39 is 0 Å². The van der Waals surface area contributed by atoms with Gasteiger partial charge in [-0.05, 0) is 12.8 Å². The summed E-state index contributed by atoms with van der Waals surface area (Å²) >= 11 is 0. The molecular weight excluding hydrogens is 376 g/mol. The number of halogens is 1. The number of unbranched alkanes of at least 4 members (excludes halogenated alkanes) is 11. The molecule has 4 heteroatoms. The molecule has 1 N–H and O–H groups in total. The number of hydrogen-bond acceptors (Lipinski definition) is 1. The summed E-state index contributed by atoms with van der Waals surface area (Å²) in [5.41, 5.74) is 0. The summed E-state index contributed by atoms with van der Waals surface area (Å²) in [6, 6.07) is 0. The van der Waals surface area contributed by atoms with Gasteiger partial charge in [0.25, 0.3) is 0 Å². The Kier molecular flexibility index (Phi) is 20.3. The van der Waals surface area contributed by atoms with Gasteiger partial charge in [0.1, 0.15) is 0 Å². The number of amides is 1. The second-order valence-electron chi connectivity index (χ2n) is 8.11. The highest BCUT2D eigenvalue weighted by Crippen LogP contribution is 2.12. The molecule has 0 bridgehead atoms. The highest BCUT2D eigenvalue weighted by Gasteiger charge is 2.13. The zero-order valence-corrected chi connectivity index (χ0v) is 19.1. The average Bonchev–Trinajstić information content (AvgIpc) is 2.52. The summed E-state index contributed by atoms with van der Waals surface area (Å²) in [6.07, 6.45) is 18.0. The van der Waals surface area contributed by atoms with Crippen LogP contribution in [0.2, 0.25) is 0 Å². The smallest absolute Gasteiger partial charge is 0.216 e. The number of nitrogens with one attached hydrogen (secondary N) is 1. The molecule has 152 valence electrons. The molecule has 0 unspecified atom stereocenters. The maximum Gasteiger partial charge on any atom is 0.216 e. The summed E-state index contributed by atoms with van der Waals surface area (Å²) in [5, 5.41) is 2.88. The van der Waals surface area contributed by atoms with Crippen molar-refractivity contribution in [1.29, 1.82) is 0 Å². The first-order chi connectivity index (χ1) is 11.5. The Morgan fingerprint density at radius 3 is 1.56 bits per heavy atom. The van der Waals surface area contributed by atoms with Gasteiger partial charge in [-0.2, -0.15) is 0 Å². The van der Waals surface area contributed by atoms with Crippen LogP contribution in [0.1, 0.15) is 97.3 Å². The number of hydrogen-bond donors (Lipinski definition) is 1. The van der Waals surface area contributed by atoms with Crippen LogP contribution in [-0.2, 0) is 4.79 Å². The van der Waals surface area contributed by atoms with Crippen LogP contribution in [0, 0.1) is 0 Å². The highest BCUT2D eigenvalue weighted by atomic mass is 79.9. The first-order valence-corrected chi connectivity index (χ1v) is 10.5. The van der Waals surface area contributed by atoms with E-state index in [1.54, 1.807) is 6.92 Å². The van der Waals surface area contributed by atoms with Gasteiger partial charge in [-0.25, -0.2) is 0 Å². The molecular formula is C21H45BrN2O. The van der Waals surface area contributed by atoms with Gasteiger partial charge in [-0.1, -0.05) is 71.1 Å². The average molecular weight is 422 g/mol. The minimum Gasteiger partial charge on any atom is -1.00 e. The second-order valence-corrected chi connectivity index (χ2v) is 8.11. The zero-order valence-electron chi connectivity index (χ0n) is 17.5. The summed E-state index contributed by atoms with van der Waals surface area (Å²) in [6.45, 7) is 7.10. The van der Waals surface area contributed by atoms with Crippen LogP contribution in [0.15, 0.2) is 0 Å². The van der Waals surface area contributed by atoms with E-state index in [1.807, 2.05) is 0 Å². The molecule has 0 aromatic heterocycles. The zero-order chi connectivity index (χ0) is 18.1. The lowest BCUT2D eigenvalue weighted by Crippen LogP contribution is -3.00. The maximum atomic E-state index is 10.8. The van der Waals surface area contributed by atoms with Gasteiger partial charge >= 0.3 is 0 Å². The summed E-state index contributed by atoms with van der Waals surface area (Å²) in [5.74, 6) is 0.0845. The van der Waals surface area contributed by atoms with Crippen molar-refractivity contribution in [2.45, 2.75) is 97.3 Å². The normalized spacial score (nSPS) is 11.2. The Balaban J connectivity index is 0. The minimum absolute atomic E-state index is 0. The Hall–Kier alpha value is -0.0900. The molecule has 25 heavy (non-hydrogen) atoms. The fraction of sp³-hybridized carbons (Fsp3) is 0.952. The van der Waals surface area contributed by atoms with Crippen molar-refractivity contribution < 1.29 is 26.3 Å². The molecule has 0 heterocycles. The summed E-state index contributed by atoms with van der Waals surface area (Å²) < 4.78 is 1.08. The van der Waals surface area contributed by atoms with E-state index in [0.717, 1.165) is 24.0 Å². The molecule has 0 aromatic rings. The lowest BCUT2D eigenvalue weighted by molar-refractivity contribution is -0.890. The molecule has 0 rings (SSSR count). The van der Waals surface area contributed by atoms with Crippen LogP contribution in [0.3, 0.4) is 0 Å². The van der Waals surface area contributed by atoms with Crippen LogP contribution in [0.25, 0.3) is 0 Å². The maximum absolute atomic E-state index is 10.8. The summed E-state index contributed by atoms with van der Waals surface area (Å²) in [4.78, 5) is 10.8. The van der Waals surface area contributed by atoms with Gasteiger partial charge in [0, 0.05) is 19.9 Å². The number of rotatable bonds is 17. The quantitative estimate of drug-likeness (QED) is 0.283. The van der Waals surface area contributed by atoms with Crippen molar-refractivity contribution in [2.75, 3.05) is 33.7 Å². The van der Waals surface area contributed by atoms with E-state index >= 15 is 0 Å². The Morgan fingerprint density at radius 1 is 0.720 bits per heavy atom. The van der Waals surface area contributed by atoms with E-state index in [1.165, 1.54) is 83.6 Å². The predicted molar refractivity (Wildman–Crippen MR) is 106 cm³/mol. The van der Waals surface area contributed by atoms with E-state index in [2.05, 4.69) is 26.3 Å². The van der Waals surface area contributed by atoms with Gasteiger partial charge in [0.15, 0.2) is 0 Å². The molecule has 0 saturated carbocycles. The largest absolute Gasteiger partial charge is 1.00 e. The molecule has 0 atom stereocenters. The number of nitrogens with zero attached hydrogens (tertiary/aromatic N) is 1. The molecule has 1 amide bonds. The Bertz CT molecular complexity index is 296. The van der Waals surface area contributed by atoms with Crippen molar-refractivity contribution in [3.8, 4) is 0 Å². The molecule has 3 nitrogen and oxygen atoms in total. The molecule has 0 aliphatic carbocycles. The van der Waals surface area contributed by atoms with E-state index in [9.17, 15) is 4.79 Å². The predicted octanol–water partition coefficient (Wildman–Crippen LogP) is 2.29. The van der Waals surface area contributed by atoms with Gasteiger partial charge < -0.3 is 26.8 Å². The Labute approximate surface area is 168 Å². The van der Waals surface area contributed by atoms with Crippen LogP contribution in [0.5, 0.6) is 0 Å². The third kappa shape index (κ3) is 21.9. The SMILES string of the molecule is CCCCCCCCCCCCCC[N+](C)(C)CCCNC(C)=O.[Br-]. The fourth-order valence-electron chi connectivity index (χ4n) is 3.26. The van der Waals surface area contributed by atoms with Gasteiger partial charge in [-0.3, -0.25) is 4.79 Å². The van der Waals surface area contributed by atoms with Gasteiger partial charge in [-0.15, -0.1) is 0 Å². The van der Waals surface area contributed by atoms with E-state index in [4.69, 9.17) is 0 Å². The number of carbonyl (C=O) groups is 1. The molecule has 0 aliphatic heterocycles. The van der Waals surface area contributed by atoms with Crippen molar-refractivity contribution in [1.82, 2.24) is 5.32 Å². The number of quaternary nitrogens is 1. The first-order valence-electron chi connectivity index (χ1n) is 10.5. The number of carbonyl (C=O) groups excluding carboxylic acids is 1. The molecule has 0 spiro atoms. The molecule has 0 radical (unpaired) electrons. The summed E-state index contributed by atoms with van der Waals surface area (Å²) in [7, 11) is 4.62. The van der Waals surface area contributed by atoms with Crippen LogP contribution in [0.4, 0.5) is 0 Å². The minimum atomic E-state index is 0. The fourth-order valence-corrected chi connectivity index (χ4v) is 3.26. The van der Waals surface area contributed by atoms with Crippen LogP contribution < -0.4 is 22.3 Å². The monoisotopic (exact) mass is 420 g/mol. The van der Waals surface area contributed by atoms with E-state index in [0.29, 0.717) is 0 Å². The lowest BCUT2D eigenvalue weighted by atomic mass is 10.1. The second kappa shape index (κ2) is 18.7. The topological polar surface area (TPSA) is 29.1 Å². The van der Waals surface area contributed by atoms with Crippen LogP contribution in [-0.4, -0.2) is 44.1 Å². The lowest BCUT2D eigenvalue weighted by Gasteiger charge is -2.30.